The van der Waals surface area contributed by atoms with E-state index in [0.29, 0.717) is 24.0 Å². The molecule has 0 aliphatic carbocycles. The van der Waals surface area contributed by atoms with Crippen LogP contribution < -0.4 is 21.7 Å². The molecular formula is C38H66N4O4. The highest BCUT2D eigenvalue weighted by Crippen LogP contribution is 2.14. The quantitative estimate of drug-likeness (QED) is 0.0538. The highest BCUT2D eigenvalue weighted by Gasteiger charge is 2.11. The van der Waals surface area contributed by atoms with E-state index < -0.39 is 11.8 Å². The van der Waals surface area contributed by atoms with Crippen molar-refractivity contribution < 1.29 is 19.2 Å². The van der Waals surface area contributed by atoms with Crippen LogP contribution in [0.4, 0.5) is 0 Å². The molecule has 1 aromatic rings. The van der Waals surface area contributed by atoms with Crippen molar-refractivity contribution in [1.29, 1.82) is 0 Å². The van der Waals surface area contributed by atoms with Gasteiger partial charge in [-0.15, -0.1) is 0 Å². The van der Waals surface area contributed by atoms with Gasteiger partial charge in [-0.05, 0) is 37.1 Å². The Morgan fingerprint density at radius 3 is 0.870 bits per heavy atom. The molecule has 0 bridgehead atoms. The summed E-state index contributed by atoms with van der Waals surface area (Å²) in [6.45, 7) is 4.49. The predicted octanol–water partition coefficient (Wildman–Crippen LogP) is 9.39. The maximum atomic E-state index is 12.4. The van der Waals surface area contributed by atoms with Crippen molar-refractivity contribution in [2.45, 2.75) is 181 Å². The van der Waals surface area contributed by atoms with Crippen molar-refractivity contribution in [2.24, 2.45) is 0 Å². The fourth-order valence-electron chi connectivity index (χ4n) is 5.55. The molecule has 8 nitrogen and oxygen atoms in total. The van der Waals surface area contributed by atoms with Gasteiger partial charge >= 0.3 is 0 Å². The second-order valence-electron chi connectivity index (χ2n) is 12.9. The number of hydrogen-bond acceptors (Lipinski definition) is 4. The number of nitrogens with one attached hydrogen (secondary N) is 4. The number of amides is 4. The number of unbranched alkanes of at least 4 members (excludes halogenated alkanes) is 22. The maximum Gasteiger partial charge on any atom is 0.269 e. The smallest absolute Gasteiger partial charge is 0.269 e. The van der Waals surface area contributed by atoms with E-state index in [1.807, 2.05) is 0 Å². The molecule has 0 saturated carbocycles. The number of hydrazine groups is 2. The Kier molecular flexibility index (Phi) is 26.4. The van der Waals surface area contributed by atoms with Crippen LogP contribution in [0, 0.1) is 0 Å². The van der Waals surface area contributed by atoms with Gasteiger partial charge in [0.05, 0.1) is 0 Å². The first-order valence-electron chi connectivity index (χ1n) is 18.8. The number of carbonyl (C=O) groups excluding carboxylic acids is 4. The van der Waals surface area contributed by atoms with Crippen molar-refractivity contribution in [3.63, 3.8) is 0 Å². The van der Waals surface area contributed by atoms with Crippen molar-refractivity contribution in [2.75, 3.05) is 0 Å². The minimum Gasteiger partial charge on any atom is -0.273 e. The van der Waals surface area contributed by atoms with E-state index in [-0.39, 0.29) is 11.8 Å². The molecule has 8 heteroatoms. The minimum atomic E-state index is -0.453. The molecule has 0 unspecified atom stereocenters. The Morgan fingerprint density at radius 1 is 0.370 bits per heavy atom. The summed E-state index contributed by atoms with van der Waals surface area (Å²) in [6, 6.07) is 6.04. The lowest BCUT2D eigenvalue weighted by Crippen LogP contribution is -2.42. The molecule has 1 aromatic carbocycles. The van der Waals surface area contributed by atoms with Gasteiger partial charge in [0.2, 0.25) is 11.8 Å². The van der Waals surface area contributed by atoms with Gasteiger partial charge in [-0.1, -0.05) is 155 Å². The van der Waals surface area contributed by atoms with Crippen molar-refractivity contribution in [3.8, 4) is 0 Å². The van der Waals surface area contributed by atoms with Gasteiger partial charge < -0.3 is 0 Å². The lowest BCUT2D eigenvalue weighted by atomic mass is 10.0. The number of hydrogen-bond donors (Lipinski definition) is 4. The first kappa shape index (κ1) is 41.1. The van der Waals surface area contributed by atoms with Crippen LogP contribution in [0.2, 0.25) is 0 Å². The Morgan fingerprint density at radius 2 is 0.609 bits per heavy atom. The molecule has 0 fully saturated rings. The molecule has 4 N–H and O–H groups in total. The number of rotatable bonds is 28. The number of benzene rings is 1. The van der Waals surface area contributed by atoms with E-state index in [2.05, 4.69) is 35.6 Å². The summed E-state index contributed by atoms with van der Waals surface area (Å²) in [5.41, 5.74) is 10.4. The van der Waals surface area contributed by atoms with Crippen molar-refractivity contribution in [1.82, 2.24) is 21.7 Å². The highest BCUT2D eigenvalue weighted by atomic mass is 16.2. The van der Waals surface area contributed by atoms with Gasteiger partial charge in [0, 0.05) is 24.0 Å². The maximum absolute atomic E-state index is 12.4. The van der Waals surface area contributed by atoms with Crippen LogP contribution in [0.5, 0.6) is 0 Å². The average Bonchev–Trinajstić information content (AvgIpc) is 3.07. The number of carbonyl (C=O) groups is 4. The standard InChI is InChI=1S/C38H66N4O4/c1-3-5-7-9-11-13-15-17-19-21-23-25-27-35(43)39-41-37(45)33-29-31-34(32-30-33)38(46)42-40-36(44)28-26-24-22-20-18-16-14-12-10-8-6-4-2/h29-32H,3-28H2,1-2H3,(H,39,43)(H,40,44)(H,41,45)(H,42,46). The van der Waals surface area contributed by atoms with Gasteiger partial charge in [-0.3, -0.25) is 40.9 Å². The molecule has 0 heterocycles. The summed E-state index contributed by atoms with van der Waals surface area (Å²) in [5, 5.41) is 0. The van der Waals surface area contributed by atoms with Gasteiger partial charge in [-0.2, -0.15) is 0 Å². The monoisotopic (exact) mass is 643 g/mol. The zero-order chi connectivity index (χ0) is 33.5. The Bertz CT molecular complexity index is 860. The van der Waals surface area contributed by atoms with Crippen LogP contribution in [0.1, 0.15) is 202 Å². The van der Waals surface area contributed by atoms with Crippen LogP contribution in [0.25, 0.3) is 0 Å². The predicted molar refractivity (Wildman–Crippen MR) is 189 cm³/mol. The Hall–Kier alpha value is -2.90. The molecular weight excluding hydrogens is 576 g/mol. The van der Waals surface area contributed by atoms with Crippen molar-refractivity contribution in [3.05, 3.63) is 35.4 Å². The van der Waals surface area contributed by atoms with Crippen molar-refractivity contribution >= 4 is 23.6 Å². The van der Waals surface area contributed by atoms with Gasteiger partial charge in [-0.25, -0.2) is 0 Å². The summed E-state index contributed by atoms with van der Waals surface area (Å²) < 4.78 is 0. The molecule has 4 amide bonds. The zero-order valence-corrected chi connectivity index (χ0v) is 29.3. The van der Waals surface area contributed by atoms with Gasteiger partial charge in [0.1, 0.15) is 0 Å². The SMILES string of the molecule is CCCCCCCCCCCCCCC(=O)NNC(=O)c1ccc(C(=O)NNC(=O)CCCCCCCCCCCCCC)cc1. The summed E-state index contributed by atoms with van der Waals surface area (Å²) in [6.07, 6.45) is 30.4. The Labute approximate surface area is 280 Å². The Balaban J connectivity index is 2.07. The molecule has 0 saturated heterocycles. The molecule has 0 spiro atoms. The minimum absolute atomic E-state index is 0.212. The van der Waals surface area contributed by atoms with E-state index in [1.165, 1.54) is 140 Å². The van der Waals surface area contributed by atoms with Crippen LogP contribution in [0.3, 0.4) is 0 Å². The summed E-state index contributed by atoms with van der Waals surface area (Å²) >= 11 is 0. The van der Waals surface area contributed by atoms with E-state index in [9.17, 15) is 19.2 Å². The fourth-order valence-corrected chi connectivity index (χ4v) is 5.55. The van der Waals surface area contributed by atoms with Gasteiger partial charge in [0.15, 0.2) is 0 Å². The van der Waals surface area contributed by atoms with Crippen LogP contribution >= 0.6 is 0 Å². The molecule has 0 radical (unpaired) electrons. The summed E-state index contributed by atoms with van der Waals surface area (Å²) in [7, 11) is 0. The third kappa shape index (κ3) is 23.4. The molecule has 0 aromatic heterocycles. The third-order valence-corrected chi connectivity index (χ3v) is 8.55. The van der Waals surface area contributed by atoms with E-state index in [1.54, 1.807) is 0 Å². The molecule has 1 rings (SSSR count). The average molecular weight is 643 g/mol. The van der Waals surface area contributed by atoms with Crippen LogP contribution in [-0.2, 0) is 9.59 Å². The lowest BCUT2D eigenvalue weighted by molar-refractivity contribution is -0.122. The largest absolute Gasteiger partial charge is 0.273 e. The molecule has 0 aliphatic rings. The second-order valence-corrected chi connectivity index (χ2v) is 12.9. The van der Waals surface area contributed by atoms with Crippen LogP contribution in [0.15, 0.2) is 24.3 Å². The van der Waals surface area contributed by atoms with Gasteiger partial charge in [0.25, 0.3) is 11.8 Å². The van der Waals surface area contributed by atoms with Crippen LogP contribution in [-0.4, -0.2) is 23.6 Å². The second kappa shape index (κ2) is 29.5. The van der Waals surface area contributed by atoms with E-state index >= 15 is 0 Å². The lowest BCUT2D eigenvalue weighted by Gasteiger charge is -2.09. The molecule has 46 heavy (non-hydrogen) atoms. The molecule has 262 valence electrons. The fraction of sp³-hybridized carbons (Fsp3) is 0.737. The highest BCUT2D eigenvalue weighted by molar-refractivity contribution is 5.98. The summed E-state index contributed by atoms with van der Waals surface area (Å²) in [4.78, 5) is 49.0. The summed E-state index contributed by atoms with van der Waals surface area (Å²) in [5.74, 6) is -1.33. The topological polar surface area (TPSA) is 116 Å². The first-order chi connectivity index (χ1) is 22.5. The first-order valence-corrected chi connectivity index (χ1v) is 18.8. The molecule has 0 aliphatic heterocycles. The normalized spacial score (nSPS) is 10.8. The van der Waals surface area contributed by atoms with E-state index in [0.717, 1.165) is 38.5 Å². The molecule has 0 atom stereocenters. The zero-order valence-electron chi connectivity index (χ0n) is 29.3. The third-order valence-electron chi connectivity index (χ3n) is 8.55. The van der Waals surface area contributed by atoms with E-state index in [4.69, 9.17) is 0 Å².